The fourth-order valence-electron chi connectivity index (χ4n) is 5.33. The Hall–Kier alpha value is -4.25. The normalized spacial score (nSPS) is 16.5. The van der Waals surface area contributed by atoms with Crippen molar-refractivity contribution in [2.75, 3.05) is 23.9 Å². The van der Waals surface area contributed by atoms with E-state index in [1.165, 1.54) is 7.11 Å². The van der Waals surface area contributed by atoms with Crippen LogP contribution in [0.2, 0.25) is 5.02 Å². The number of para-hydroxylation sites is 1. The maximum atomic E-state index is 12.1. The van der Waals surface area contributed by atoms with Crippen LogP contribution in [0.1, 0.15) is 45.1 Å². The first kappa shape index (κ1) is 28.3. The molecule has 0 saturated carbocycles. The van der Waals surface area contributed by atoms with Gasteiger partial charge in [0.1, 0.15) is 6.61 Å². The Morgan fingerprint density at radius 1 is 1.12 bits per heavy atom. The minimum Gasteiger partial charge on any atom is -0.478 e. The van der Waals surface area contributed by atoms with E-state index in [4.69, 9.17) is 28.6 Å². The van der Waals surface area contributed by atoms with E-state index in [1.54, 1.807) is 36.5 Å². The number of nitrogens with zero attached hydrogens (tertiary/aromatic N) is 3. The fourth-order valence-corrected chi connectivity index (χ4v) is 5.90. The van der Waals surface area contributed by atoms with E-state index < -0.39 is 5.97 Å². The van der Waals surface area contributed by atoms with Crippen LogP contribution in [0.5, 0.6) is 0 Å². The number of halogens is 1. The topological polar surface area (TPSA) is 109 Å². The third-order valence-corrected chi connectivity index (χ3v) is 7.67. The molecular weight excluding hydrogens is 562 g/mol. The zero-order chi connectivity index (χ0) is 29.3. The Morgan fingerprint density at radius 2 is 1.88 bits per heavy atom. The predicted molar refractivity (Wildman–Crippen MR) is 162 cm³/mol. The van der Waals surface area contributed by atoms with Gasteiger partial charge >= 0.3 is 5.97 Å². The lowest BCUT2D eigenvalue weighted by atomic mass is 9.96. The highest BCUT2D eigenvalue weighted by Crippen LogP contribution is 2.45. The second-order valence-electron chi connectivity index (χ2n) is 9.63. The van der Waals surface area contributed by atoms with Crippen molar-refractivity contribution in [3.05, 3.63) is 106 Å². The average molecular weight is 590 g/mol. The molecule has 1 aliphatic heterocycles. The summed E-state index contributed by atoms with van der Waals surface area (Å²) < 4.78 is 6.85. The van der Waals surface area contributed by atoms with Crippen LogP contribution in [0, 0.1) is 13.8 Å². The lowest BCUT2D eigenvalue weighted by molar-refractivity contribution is -0.119. The molecule has 2 unspecified atom stereocenters. The van der Waals surface area contributed by atoms with Gasteiger partial charge < -0.3 is 29.9 Å². The van der Waals surface area contributed by atoms with Gasteiger partial charge in [0.25, 0.3) is 0 Å². The largest absolute Gasteiger partial charge is 0.478 e. The maximum absolute atomic E-state index is 12.1. The molecule has 1 aliphatic rings. The number of ether oxygens (including phenoxy) is 1. The first-order chi connectivity index (χ1) is 19.7. The van der Waals surface area contributed by atoms with Gasteiger partial charge in [0.2, 0.25) is 5.91 Å². The number of hydrogen-bond donors (Lipinski definition) is 3. The van der Waals surface area contributed by atoms with Crippen LogP contribution in [0.3, 0.4) is 0 Å². The third kappa shape index (κ3) is 5.41. The number of carboxylic acids is 1. The molecule has 2 aromatic heterocycles. The van der Waals surface area contributed by atoms with Crippen molar-refractivity contribution < 1.29 is 19.4 Å². The molecule has 41 heavy (non-hydrogen) atoms. The van der Waals surface area contributed by atoms with Gasteiger partial charge in [-0.25, -0.2) is 4.79 Å². The smallest absolute Gasteiger partial charge is 0.337 e. The second kappa shape index (κ2) is 11.7. The number of carbonyl (C=O) groups excluding carboxylic acids is 1. The molecule has 0 aliphatic carbocycles. The summed E-state index contributed by atoms with van der Waals surface area (Å²) in [5, 5.41) is 16.9. The molecule has 0 bridgehead atoms. The molecule has 1 amide bonds. The van der Waals surface area contributed by atoms with Crippen LogP contribution in [-0.4, -0.2) is 45.4 Å². The number of methoxy groups -OCH3 is 1. The van der Waals surface area contributed by atoms with Crippen molar-refractivity contribution in [3.63, 3.8) is 0 Å². The number of aromatic nitrogens is 2. The first-order valence-corrected chi connectivity index (χ1v) is 13.6. The van der Waals surface area contributed by atoms with Gasteiger partial charge in [-0.2, -0.15) is 0 Å². The van der Waals surface area contributed by atoms with Gasteiger partial charge in [-0.1, -0.05) is 29.8 Å². The molecule has 5 rings (SSSR count). The molecule has 1 saturated heterocycles. The number of benzene rings is 2. The summed E-state index contributed by atoms with van der Waals surface area (Å²) in [6.45, 7) is 3.83. The van der Waals surface area contributed by atoms with E-state index >= 15 is 0 Å². The summed E-state index contributed by atoms with van der Waals surface area (Å²) in [5.41, 5.74) is 5.44. The molecule has 2 atom stereocenters. The second-order valence-corrected chi connectivity index (χ2v) is 10.4. The van der Waals surface area contributed by atoms with Crippen molar-refractivity contribution >= 4 is 52.2 Å². The van der Waals surface area contributed by atoms with Crippen molar-refractivity contribution in [3.8, 4) is 5.69 Å². The summed E-state index contributed by atoms with van der Waals surface area (Å²) in [4.78, 5) is 30.7. The van der Waals surface area contributed by atoms with Crippen molar-refractivity contribution in [2.45, 2.75) is 25.9 Å². The number of rotatable bonds is 8. The van der Waals surface area contributed by atoms with Crippen LogP contribution in [0.25, 0.3) is 5.69 Å². The molecule has 210 valence electrons. The van der Waals surface area contributed by atoms with Crippen LogP contribution >= 0.6 is 23.8 Å². The van der Waals surface area contributed by atoms with E-state index in [1.807, 2.05) is 53.6 Å². The van der Waals surface area contributed by atoms with E-state index in [0.717, 1.165) is 28.3 Å². The van der Waals surface area contributed by atoms with Gasteiger partial charge in [-0.15, -0.1) is 0 Å². The maximum Gasteiger partial charge on any atom is 0.337 e. The summed E-state index contributed by atoms with van der Waals surface area (Å²) >= 11 is 12.5. The number of hydrogen-bond acceptors (Lipinski definition) is 5. The Bertz CT molecular complexity index is 1640. The molecule has 11 heteroatoms. The van der Waals surface area contributed by atoms with Crippen LogP contribution < -0.4 is 15.5 Å². The van der Waals surface area contributed by atoms with Crippen molar-refractivity contribution in [1.82, 2.24) is 14.9 Å². The third-order valence-electron chi connectivity index (χ3n) is 7.04. The van der Waals surface area contributed by atoms with E-state index in [0.29, 0.717) is 21.5 Å². The number of carbonyl (C=O) groups is 2. The molecule has 1 fully saturated rings. The summed E-state index contributed by atoms with van der Waals surface area (Å²) in [7, 11) is 1.45. The summed E-state index contributed by atoms with van der Waals surface area (Å²) in [5.74, 6) is -1.32. The van der Waals surface area contributed by atoms with Crippen LogP contribution in [-0.2, 0) is 9.53 Å². The summed E-state index contributed by atoms with van der Waals surface area (Å²) in [6.07, 6.45) is 1.74. The number of anilines is 2. The fraction of sp³-hybridized carbons (Fsp3) is 0.200. The minimum atomic E-state index is -1.00. The number of aromatic carboxylic acids is 1. The highest BCUT2D eigenvalue weighted by Gasteiger charge is 2.42. The molecule has 3 heterocycles. The van der Waals surface area contributed by atoms with Gasteiger partial charge in [-0.05, 0) is 80.2 Å². The number of pyridine rings is 1. The van der Waals surface area contributed by atoms with E-state index in [9.17, 15) is 14.7 Å². The van der Waals surface area contributed by atoms with Crippen LogP contribution in [0.4, 0.5) is 11.4 Å². The highest BCUT2D eigenvalue weighted by molar-refractivity contribution is 7.80. The van der Waals surface area contributed by atoms with Gasteiger partial charge in [0.15, 0.2) is 5.11 Å². The number of carboxylic acid groups (broad SMARTS) is 1. The Kier molecular flexibility index (Phi) is 8.07. The van der Waals surface area contributed by atoms with Crippen molar-refractivity contribution in [2.24, 2.45) is 0 Å². The number of nitrogens with one attached hydrogen (secondary N) is 2. The molecule has 9 nitrogen and oxygen atoms in total. The average Bonchev–Trinajstić information content (AvgIpc) is 3.45. The number of thiocarbonyl (C=S) groups is 1. The molecule has 4 aromatic rings. The monoisotopic (exact) mass is 589 g/mol. The van der Waals surface area contributed by atoms with Crippen LogP contribution in [0.15, 0.2) is 72.9 Å². The molecular formula is C30H28ClN5O4S. The SMILES string of the molecule is COCC(=O)Nc1ccc(N2C(=S)NC(c3ccccn3)C2c2cc(C)n(-c3ccccc3C(=O)O)c2C)cc1Cl. The molecule has 3 N–H and O–H groups in total. The highest BCUT2D eigenvalue weighted by atomic mass is 35.5. The lowest BCUT2D eigenvalue weighted by Crippen LogP contribution is -2.29. The Labute approximate surface area is 247 Å². The molecule has 0 spiro atoms. The Balaban J connectivity index is 1.63. The van der Waals surface area contributed by atoms with Gasteiger partial charge in [0.05, 0.1) is 39.7 Å². The van der Waals surface area contributed by atoms with E-state index in [-0.39, 0.29) is 30.2 Å². The minimum absolute atomic E-state index is 0.0906. The summed E-state index contributed by atoms with van der Waals surface area (Å²) in [6, 6.07) is 19.4. The lowest BCUT2D eigenvalue weighted by Gasteiger charge is -2.28. The van der Waals surface area contributed by atoms with Crippen molar-refractivity contribution in [1.29, 1.82) is 0 Å². The molecule has 2 aromatic carbocycles. The first-order valence-electron chi connectivity index (χ1n) is 12.8. The zero-order valence-electron chi connectivity index (χ0n) is 22.6. The van der Waals surface area contributed by atoms with E-state index in [2.05, 4.69) is 21.7 Å². The van der Waals surface area contributed by atoms with Gasteiger partial charge in [-0.3, -0.25) is 9.78 Å². The quantitative estimate of drug-likeness (QED) is 0.228. The molecule has 0 radical (unpaired) electrons. The Morgan fingerprint density at radius 3 is 2.56 bits per heavy atom. The van der Waals surface area contributed by atoms with Gasteiger partial charge in [0, 0.05) is 30.4 Å². The zero-order valence-corrected chi connectivity index (χ0v) is 24.2. The predicted octanol–water partition coefficient (Wildman–Crippen LogP) is 5.60. The standard InChI is InChI=1S/C30H28ClN5O4S/c1-17-14-21(18(2)35(17)25-10-5-4-8-20(25)29(38)39)28-27(24-9-6-7-13-32-24)34-30(41)36(28)19-11-12-23(22(31)15-19)33-26(37)16-40-3/h4-15,27-28H,16H2,1-3H3,(H,33,37)(H,34,41)(H,38,39). The number of amides is 1. The number of aryl methyl sites for hydroxylation is 1.